The third-order valence-corrected chi connectivity index (χ3v) is 4.13. The lowest BCUT2D eigenvalue weighted by atomic mass is 10.2. The van der Waals surface area contributed by atoms with Gasteiger partial charge in [0.25, 0.3) is 0 Å². The average Bonchev–Trinajstić information content (AvgIpc) is 3.02. The second kappa shape index (κ2) is 4.10. The number of fused-ring (bicyclic) bond motifs is 1. The normalized spacial score (nSPS) is 16.5. The van der Waals surface area contributed by atoms with Crippen LogP contribution in [0.25, 0.3) is 22.4 Å². The lowest BCUT2D eigenvalue weighted by Gasteiger charge is -2.02. The van der Waals surface area contributed by atoms with E-state index in [0.717, 1.165) is 28.2 Å². The van der Waals surface area contributed by atoms with E-state index >= 15 is 0 Å². The number of benzene rings is 1. The van der Waals surface area contributed by atoms with Gasteiger partial charge in [-0.05, 0) is 40.9 Å². The Morgan fingerprint density at radius 2 is 2.00 bits per heavy atom. The van der Waals surface area contributed by atoms with Gasteiger partial charge in [-0.15, -0.1) is 0 Å². The predicted molar refractivity (Wildman–Crippen MR) is 77.8 cm³/mol. The summed E-state index contributed by atoms with van der Waals surface area (Å²) in [5.41, 5.74) is 7.20. The fourth-order valence-corrected chi connectivity index (χ4v) is 2.63. The highest BCUT2D eigenvalue weighted by Crippen LogP contribution is 2.42. The molecule has 0 aliphatic heterocycles. The molecule has 3 aromatic rings. The van der Waals surface area contributed by atoms with Gasteiger partial charge in [0.2, 0.25) is 11.7 Å². The summed E-state index contributed by atoms with van der Waals surface area (Å²) in [5.74, 6) is 0.962. The van der Waals surface area contributed by atoms with Crippen molar-refractivity contribution >= 4 is 26.8 Å². The number of hydrogen-bond donors (Lipinski definition) is 1. The lowest BCUT2D eigenvalue weighted by Crippen LogP contribution is -2.18. The van der Waals surface area contributed by atoms with Crippen LogP contribution in [0.5, 0.6) is 0 Å². The maximum Gasteiger partial charge on any atom is 0.247 e. The van der Waals surface area contributed by atoms with Crippen molar-refractivity contribution in [2.45, 2.75) is 18.4 Å². The van der Waals surface area contributed by atoms with Gasteiger partial charge in [-0.1, -0.05) is 23.4 Å². The molecular formula is C14H11BrN4O. The van der Waals surface area contributed by atoms with E-state index in [9.17, 15) is 0 Å². The van der Waals surface area contributed by atoms with Crippen LogP contribution in [0.1, 0.15) is 18.7 Å². The van der Waals surface area contributed by atoms with Crippen molar-refractivity contribution in [1.82, 2.24) is 15.1 Å². The first-order valence-corrected chi connectivity index (χ1v) is 7.14. The molecule has 2 aromatic heterocycles. The molecule has 100 valence electrons. The number of halogens is 1. The molecule has 20 heavy (non-hydrogen) atoms. The predicted octanol–water partition coefficient (Wildman–Crippen LogP) is 3.00. The molecule has 1 saturated carbocycles. The molecule has 1 aliphatic carbocycles. The number of rotatable bonds is 2. The van der Waals surface area contributed by atoms with Crippen molar-refractivity contribution in [3.05, 3.63) is 40.7 Å². The van der Waals surface area contributed by atoms with E-state index in [2.05, 4.69) is 31.1 Å². The van der Waals surface area contributed by atoms with Crippen LogP contribution in [0.3, 0.4) is 0 Å². The number of aromatic nitrogens is 3. The van der Waals surface area contributed by atoms with Gasteiger partial charge < -0.3 is 10.3 Å². The Balaban J connectivity index is 1.85. The summed E-state index contributed by atoms with van der Waals surface area (Å²) in [4.78, 5) is 8.97. The Kier molecular flexibility index (Phi) is 2.46. The van der Waals surface area contributed by atoms with Gasteiger partial charge in [-0.25, -0.2) is 4.98 Å². The van der Waals surface area contributed by atoms with E-state index in [-0.39, 0.29) is 0 Å². The Hall–Kier alpha value is -1.79. The molecule has 2 heterocycles. The minimum absolute atomic E-state index is 0.422. The molecule has 1 aliphatic rings. The van der Waals surface area contributed by atoms with Crippen LogP contribution in [0.2, 0.25) is 0 Å². The molecule has 4 rings (SSSR count). The summed E-state index contributed by atoms with van der Waals surface area (Å²) in [6, 6.07) is 9.90. The highest BCUT2D eigenvalue weighted by atomic mass is 79.9. The van der Waals surface area contributed by atoms with Gasteiger partial charge in [-0.3, -0.25) is 0 Å². The zero-order valence-electron chi connectivity index (χ0n) is 10.5. The number of hydrogen-bond acceptors (Lipinski definition) is 5. The highest BCUT2D eigenvalue weighted by molar-refractivity contribution is 9.10. The molecule has 0 spiro atoms. The van der Waals surface area contributed by atoms with Crippen molar-refractivity contribution in [1.29, 1.82) is 0 Å². The zero-order valence-corrected chi connectivity index (χ0v) is 12.1. The minimum atomic E-state index is -0.422. The van der Waals surface area contributed by atoms with Crippen LogP contribution in [-0.2, 0) is 5.54 Å². The molecule has 1 aromatic carbocycles. The van der Waals surface area contributed by atoms with Crippen LogP contribution in [0, 0.1) is 0 Å². The van der Waals surface area contributed by atoms with E-state index in [1.54, 1.807) is 0 Å². The summed E-state index contributed by atoms with van der Waals surface area (Å²) in [6.45, 7) is 0. The van der Waals surface area contributed by atoms with Crippen molar-refractivity contribution in [2.75, 3.05) is 0 Å². The Bertz CT molecular complexity index is 810. The first-order chi connectivity index (χ1) is 9.66. The van der Waals surface area contributed by atoms with Gasteiger partial charge >= 0.3 is 0 Å². The fourth-order valence-electron chi connectivity index (χ4n) is 2.12. The number of nitrogens with two attached hydrogens (primary N) is 1. The highest BCUT2D eigenvalue weighted by Gasteiger charge is 2.45. The minimum Gasteiger partial charge on any atom is -0.337 e. The van der Waals surface area contributed by atoms with Gasteiger partial charge in [0.1, 0.15) is 5.69 Å². The quantitative estimate of drug-likeness (QED) is 0.781. The van der Waals surface area contributed by atoms with Gasteiger partial charge in [-0.2, -0.15) is 4.98 Å². The third-order valence-electron chi connectivity index (χ3n) is 3.53. The maximum atomic E-state index is 6.06. The maximum absolute atomic E-state index is 6.06. The van der Waals surface area contributed by atoms with Gasteiger partial charge in [0.05, 0.1) is 11.1 Å². The van der Waals surface area contributed by atoms with Crippen molar-refractivity contribution < 1.29 is 4.52 Å². The topological polar surface area (TPSA) is 77.8 Å². The van der Waals surface area contributed by atoms with E-state index in [0.29, 0.717) is 17.4 Å². The molecule has 0 radical (unpaired) electrons. The van der Waals surface area contributed by atoms with Gasteiger partial charge in [0, 0.05) is 9.86 Å². The zero-order chi connectivity index (χ0) is 13.7. The second-order valence-corrected chi connectivity index (χ2v) is 5.95. The standard InChI is InChI=1S/C14H11BrN4O/c15-9-7-8-3-1-2-4-10(8)17-11(9)12-18-13(20-19-12)14(16)5-6-14/h1-4,7H,5-6,16H2. The smallest absolute Gasteiger partial charge is 0.247 e. The summed E-state index contributed by atoms with van der Waals surface area (Å²) >= 11 is 3.51. The summed E-state index contributed by atoms with van der Waals surface area (Å²) in [6.07, 6.45) is 1.78. The molecule has 5 nitrogen and oxygen atoms in total. The van der Waals surface area contributed by atoms with Crippen LogP contribution in [-0.4, -0.2) is 15.1 Å². The molecule has 0 saturated heterocycles. The first kappa shape index (κ1) is 12.0. The third kappa shape index (κ3) is 1.83. The molecule has 0 amide bonds. The first-order valence-electron chi connectivity index (χ1n) is 6.34. The van der Waals surface area contributed by atoms with E-state index < -0.39 is 5.54 Å². The number of para-hydroxylation sites is 1. The number of pyridine rings is 1. The molecule has 1 fully saturated rings. The van der Waals surface area contributed by atoms with Crippen molar-refractivity contribution in [3.8, 4) is 11.5 Å². The number of nitrogens with zero attached hydrogens (tertiary/aromatic N) is 3. The average molecular weight is 331 g/mol. The summed E-state index contributed by atoms with van der Waals surface area (Å²) < 4.78 is 6.10. The SMILES string of the molecule is NC1(c2nc(-c3nc4ccccc4cc3Br)no2)CC1. The molecule has 0 unspecified atom stereocenters. The monoisotopic (exact) mass is 330 g/mol. The van der Waals surface area contributed by atoms with E-state index in [1.165, 1.54) is 0 Å². The fraction of sp³-hybridized carbons (Fsp3) is 0.214. The Morgan fingerprint density at radius 1 is 1.20 bits per heavy atom. The molecule has 2 N–H and O–H groups in total. The van der Waals surface area contributed by atoms with Crippen LogP contribution in [0.4, 0.5) is 0 Å². The molecule has 0 atom stereocenters. The van der Waals surface area contributed by atoms with E-state index in [1.807, 2.05) is 30.3 Å². The van der Waals surface area contributed by atoms with Crippen LogP contribution >= 0.6 is 15.9 Å². The van der Waals surface area contributed by atoms with Crippen LogP contribution in [0.15, 0.2) is 39.3 Å². The van der Waals surface area contributed by atoms with Gasteiger partial charge in [0.15, 0.2) is 0 Å². The molecule has 6 heteroatoms. The van der Waals surface area contributed by atoms with E-state index in [4.69, 9.17) is 10.3 Å². The van der Waals surface area contributed by atoms with Crippen molar-refractivity contribution in [3.63, 3.8) is 0 Å². The molecular weight excluding hydrogens is 320 g/mol. The Morgan fingerprint density at radius 3 is 2.80 bits per heavy atom. The lowest BCUT2D eigenvalue weighted by molar-refractivity contribution is 0.348. The van der Waals surface area contributed by atoms with Crippen LogP contribution < -0.4 is 5.73 Å². The summed E-state index contributed by atoms with van der Waals surface area (Å²) in [5, 5.41) is 5.06. The summed E-state index contributed by atoms with van der Waals surface area (Å²) in [7, 11) is 0. The largest absolute Gasteiger partial charge is 0.337 e. The van der Waals surface area contributed by atoms with Crippen molar-refractivity contribution in [2.24, 2.45) is 5.73 Å². The Labute approximate surface area is 123 Å². The molecule has 0 bridgehead atoms. The second-order valence-electron chi connectivity index (χ2n) is 5.09.